The monoisotopic (exact) mass is 213 g/mol. The third-order valence-corrected chi connectivity index (χ3v) is 3.86. The zero-order valence-electron chi connectivity index (χ0n) is 9.60. The summed E-state index contributed by atoms with van der Waals surface area (Å²) in [7, 11) is 2.13. The van der Waals surface area contributed by atoms with Crippen LogP contribution in [0.4, 0.5) is 0 Å². The van der Waals surface area contributed by atoms with Crippen molar-refractivity contribution in [1.82, 2.24) is 9.80 Å². The Kier molecular flexibility index (Phi) is 3.61. The Labute approximate surface area is 92.0 Å². The Morgan fingerprint density at radius 2 is 2.13 bits per heavy atom. The fourth-order valence-electron chi connectivity index (χ4n) is 2.96. The van der Waals surface area contributed by atoms with Crippen LogP contribution >= 0.6 is 0 Å². The van der Waals surface area contributed by atoms with E-state index >= 15 is 0 Å². The molecule has 0 spiro atoms. The van der Waals surface area contributed by atoms with Gasteiger partial charge in [0.1, 0.15) is 0 Å². The summed E-state index contributed by atoms with van der Waals surface area (Å²) in [5.74, 6) is 0. The highest BCUT2D eigenvalue weighted by Gasteiger charge is 2.33. The number of likely N-dealkylation sites (N-methyl/N-ethyl adjacent to an activating group) is 1. The topological polar surface area (TPSA) is 52.7 Å². The van der Waals surface area contributed by atoms with Gasteiger partial charge in [-0.3, -0.25) is 4.90 Å². The summed E-state index contributed by atoms with van der Waals surface area (Å²) >= 11 is 0. The first-order valence-corrected chi connectivity index (χ1v) is 6.01. The van der Waals surface area contributed by atoms with E-state index in [1.165, 1.54) is 6.42 Å². The number of nitrogens with two attached hydrogens (primary N) is 1. The number of piperazine rings is 1. The second-order valence-corrected chi connectivity index (χ2v) is 5.06. The van der Waals surface area contributed by atoms with E-state index in [1.54, 1.807) is 0 Å². The van der Waals surface area contributed by atoms with Gasteiger partial charge >= 0.3 is 0 Å². The smallest absolute Gasteiger partial charge is 0.0599 e. The van der Waals surface area contributed by atoms with E-state index in [1.807, 2.05) is 0 Å². The van der Waals surface area contributed by atoms with Gasteiger partial charge in [0, 0.05) is 37.8 Å². The largest absolute Gasteiger partial charge is 0.395 e. The van der Waals surface area contributed by atoms with Gasteiger partial charge in [0.25, 0.3) is 0 Å². The number of rotatable bonds is 2. The van der Waals surface area contributed by atoms with Gasteiger partial charge in [0.15, 0.2) is 0 Å². The molecule has 0 aromatic rings. The van der Waals surface area contributed by atoms with E-state index < -0.39 is 0 Å². The van der Waals surface area contributed by atoms with Crippen molar-refractivity contribution in [2.24, 2.45) is 5.73 Å². The van der Waals surface area contributed by atoms with Gasteiger partial charge in [-0.25, -0.2) is 0 Å². The van der Waals surface area contributed by atoms with Crippen LogP contribution in [0.25, 0.3) is 0 Å². The van der Waals surface area contributed by atoms with Gasteiger partial charge in [0.05, 0.1) is 6.61 Å². The molecule has 0 amide bonds. The van der Waals surface area contributed by atoms with Crippen molar-refractivity contribution in [2.75, 3.05) is 33.3 Å². The normalized spacial score (nSPS) is 39.8. The fraction of sp³-hybridized carbons (Fsp3) is 1.00. The lowest BCUT2D eigenvalue weighted by atomic mass is 10.1. The summed E-state index contributed by atoms with van der Waals surface area (Å²) in [5.41, 5.74) is 5.95. The standard InChI is InChI=1S/C11H23N3O/c1-13-4-5-14(11(7-13)8-15)10-3-2-9(12)6-10/h9-11,15H,2-8,12H2,1H3. The molecule has 3 unspecified atom stereocenters. The zero-order valence-corrected chi connectivity index (χ0v) is 9.60. The first-order valence-electron chi connectivity index (χ1n) is 6.01. The summed E-state index contributed by atoms with van der Waals surface area (Å²) in [6.45, 7) is 3.46. The molecule has 3 atom stereocenters. The van der Waals surface area contributed by atoms with E-state index in [9.17, 15) is 5.11 Å². The van der Waals surface area contributed by atoms with Crippen molar-refractivity contribution in [3.05, 3.63) is 0 Å². The number of nitrogens with zero attached hydrogens (tertiary/aromatic N) is 2. The maximum atomic E-state index is 9.41. The van der Waals surface area contributed by atoms with E-state index in [4.69, 9.17) is 5.73 Å². The molecule has 1 heterocycles. The lowest BCUT2D eigenvalue weighted by Crippen LogP contribution is -2.56. The molecule has 0 bridgehead atoms. The average Bonchev–Trinajstić information content (AvgIpc) is 2.64. The number of hydrogen-bond acceptors (Lipinski definition) is 4. The van der Waals surface area contributed by atoms with Crippen LogP contribution in [0.5, 0.6) is 0 Å². The van der Waals surface area contributed by atoms with Gasteiger partial charge in [-0.15, -0.1) is 0 Å². The Morgan fingerprint density at radius 1 is 1.33 bits per heavy atom. The Balaban J connectivity index is 1.95. The van der Waals surface area contributed by atoms with Crippen LogP contribution in [0.3, 0.4) is 0 Å². The van der Waals surface area contributed by atoms with Crippen molar-refractivity contribution < 1.29 is 5.11 Å². The maximum absolute atomic E-state index is 9.41. The SMILES string of the molecule is CN1CCN(C2CCC(N)C2)C(CO)C1. The lowest BCUT2D eigenvalue weighted by Gasteiger charge is -2.42. The van der Waals surface area contributed by atoms with Crippen LogP contribution in [-0.4, -0.2) is 66.3 Å². The molecule has 4 nitrogen and oxygen atoms in total. The summed E-state index contributed by atoms with van der Waals surface area (Å²) in [5, 5.41) is 9.41. The number of aliphatic hydroxyl groups is 1. The van der Waals surface area contributed by atoms with Crippen molar-refractivity contribution in [3.8, 4) is 0 Å². The molecule has 1 saturated heterocycles. The van der Waals surface area contributed by atoms with Crippen molar-refractivity contribution >= 4 is 0 Å². The molecule has 4 heteroatoms. The van der Waals surface area contributed by atoms with E-state index in [-0.39, 0.29) is 6.61 Å². The molecule has 15 heavy (non-hydrogen) atoms. The molecule has 0 radical (unpaired) electrons. The van der Waals surface area contributed by atoms with Crippen LogP contribution in [0.2, 0.25) is 0 Å². The van der Waals surface area contributed by atoms with Crippen molar-refractivity contribution in [3.63, 3.8) is 0 Å². The molecule has 2 fully saturated rings. The molecule has 2 aliphatic rings. The highest BCUT2D eigenvalue weighted by molar-refractivity contribution is 4.91. The Hall–Kier alpha value is -0.160. The first kappa shape index (κ1) is 11.3. The highest BCUT2D eigenvalue weighted by atomic mass is 16.3. The average molecular weight is 213 g/mol. The fourth-order valence-corrected chi connectivity index (χ4v) is 2.96. The van der Waals surface area contributed by atoms with Gasteiger partial charge in [-0.05, 0) is 26.3 Å². The number of aliphatic hydroxyl groups excluding tert-OH is 1. The third-order valence-electron chi connectivity index (χ3n) is 3.86. The molecule has 88 valence electrons. The molecule has 1 aliphatic carbocycles. The molecule has 2 rings (SSSR count). The van der Waals surface area contributed by atoms with Crippen molar-refractivity contribution in [2.45, 2.75) is 37.4 Å². The Bertz CT molecular complexity index is 210. The molecule has 0 aromatic heterocycles. The summed E-state index contributed by atoms with van der Waals surface area (Å²) in [4.78, 5) is 4.78. The zero-order chi connectivity index (χ0) is 10.8. The molecular weight excluding hydrogens is 190 g/mol. The van der Waals surface area contributed by atoms with E-state index in [2.05, 4.69) is 16.8 Å². The second kappa shape index (κ2) is 4.78. The minimum Gasteiger partial charge on any atom is -0.395 e. The summed E-state index contributed by atoms with van der Waals surface area (Å²) < 4.78 is 0. The minimum absolute atomic E-state index is 0.274. The Morgan fingerprint density at radius 3 is 2.73 bits per heavy atom. The predicted octanol–water partition coefficient (Wildman–Crippen LogP) is -0.525. The van der Waals surface area contributed by atoms with Crippen molar-refractivity contribution in [1.29, 1.82) is 0 Å². The van der Waals surface area contributed by atoms with Gasteiger partial charge in [-0.1, -0.05) is 0 Å². The maximum Gasteiger partial charge on any atom is 0.0599 e. The van der Waals surface area contributed by atoms with Crippen LogP contribution in [0.1, 0.15) is 19.3 Å². The quantitative estimate of drug-likeness (QED) is 0.648. The number of hydrogen-bond donors (Lipinski definition) is 2. The summed E-state index contributed by atoms with van der Waals surface area (Å²) in [6.07, 6.45) is 3.47. The molecule has 1 saturated carbocycles. The van der Waals surface area contributed by atoms with Gasteiger partial charge < -0.3 is 15.7 Å². The highest BCUT2D eigenvalue weighted by Crippen LogP contribution is 2.25. The van der Waals surface area contributed by atoms with Crippen LogP contribution in [0.15, 0.2) is 0 Å². The van der Waals surface area contributed by atoms with E-state index in [0.717, 1.165) is 32.5 Å². The van der Waals surface area contributed by atoms with E-state index in [0.29, 0.717) is 18.1 Å². The summed E-state index contributed by atoms with van der Waals surface area (Å²) in [6, 6.07) is 1.32. The molecule has 3 N–H and O–H groups in total. The van der Waals surface area contributed by atoms with Crippen LogP contribution in [0, 0.1) is 0 Å². The molecule has 0 aromatic carbocycles. The van der Waals surface area contributed by atoms with Crippen LogP contribution < -0.4 is 5.73 Å². The predicted molar refractivity (Wildman–Crippen MR) is 60.7 cm³/mol. The third kappa shape index (κ3) is 2.50. The molecular formula is C11H23N3O. The minimum atomic E-state index is 0.274. The van der Waals surface area contributed by atoms with Gasteiger partial charge in [-0.2, -0.15) is 0 Å². The lowest BCUT2D eigenvalue weighted by molar-refractivity contribution is 0.0222. The van der Waals surface area contributed by atoms with Gasteiger partial charge in [0.2, 0.25) is 0 Å². The van der Waals surface area contributed by atoms with Crippen LogP contribution in [-0.2, 0) is 0 Å². The second-order valence-electron chi connectivity index (χ2n) is 5.06. The first-order chi connectivity index (χ1) is 7.20. The molecule has 1 aliphatic heterocycles.